The van der Waals surface area contributed by atoms with Gasteiger partial charge in [-0.05, 0) is 99.5 Å². The number of nitrogens with zero attached hydrogens (tertiary/aromatic N) is 1. The van der Waals surface area contributed by atoms with E-state index in [1.807, 2.05) is 12.1 Å². The van der Waals surface area contributed by atoms with Gasteiger partial charge in [0, 0.05) is 38.9 Å². The summed E-state index contributed by atoms with van der Waals surface area (Å²) in [7, 11) is 0. The minimum absolute atomic E-state index is 0.782. The molecule has 0 bridgehead atoms. The van der Waals surface area contributed by atoms with Crippen LogP contribution in [0.25, 0.3) is 0 Å². The molecule has 180 valence electrons. The number of thiol groups is 2. The van der Waals surface area contributed by atoms with Crippen LogP contribution >= 0.6 is 37.4 Å². The van der Waals surface area contributed by atoms with Crippen LogP contribution in [0.3, 0.4) is 0 Å². The Bertz CT molecular complexity index is 1050. The third kappa shape index (κ3) is 9.15. The number of rotatable bonds is 8. The predicted octanol–water partition coefficient (Wildman–Crippen LogP) is 8.75. The highest BCUT2D eigenvalue weighted by molar-refractivity contribution is 8.05. The molecule has 1 fully saturated rings. The fraction of sp³-hybridized carbons (Fsp3) is 0.379. The minimum atomic E-state index is 0.782. The first-order valence-electron chi connectivity index (χ1n) is 12.1. The Morgan fingerprint density at radius 1 is 1.06 bits per heavy atom. The Morgan fingerprint density at radius 3 is 2.44 bits per heavy atom. The van der Waals surface area contributed by atoms with Crippen LogP contribution in [-0.2, 0) is 0 Å². The van der Waals surface area contributed by atoms with Crippen LogP contribution < -0.4 is 5.32 Å². The summed E-state index contributed by atoms with van der Waals surface area (Å²) in [4.78, 5) is 2.23. The number of nitrogens with one attached hydrogen (secondary N) is 1. The summed E-state index contributed by atoms with van der Waals surface area (Å²) in [5, 5.41) is 3.50. The van der Waals surface area contributed by atoms with Crippen molar-refractivity contribution in [3.8, 4) is 11.8 Å². The second-order valence-corrected chi connectivity index (χ2v) is 11.4. The Morgan fingerprint density at radius 2 is 1.76 bits per heavy atom. The highest BCUT2D eigenvalue weighted by atomic mass is 32.2. The van der Waals surface area contributed by atoms with E-state index in [4.69, 9.17) is 0 Å². The number of benzene rings is 2. The van der Waals surface area contributed by atoms with E-state index in [0.717, 1.165) is 46.3 Å². The molecule has 0 saturated heterocycles. The molecule has 0 amide bonds. The molecule has 2 aromatic rings. The van der Waals surface area contributed by atoms with E-state index in [-0.39, 0.29) is 0 Å². The Hall–Kier alpha value is -1.71. The maximum Gasteiger partial charge on any atom is 0.0477 e. The van der Waals surface area contributed by atoms with Gasteiger partial charge < -0.3 is 5.32 Å². The van der Waals surface area contributed by atoms with Crippen molar-refractivity contribution in [3.05, 3.63) is 81.9 Å². The lowest BCUT2D eigenvalue weighted by Crippen LogP contribution is -2.18. The first-order valence-corrected chi connectivity index (χ1v) is 13.8. The zero-order chi connectivity index (χ0) is 24.3. The normalized spacial score (nSPS) is 14.8. The third-order valence-electron chi connectivity index (χ3n) is 5.78. The molecule has 3 rings (SSSR count). The van der Waals surface area contributed by atoms with Crippen molar-refractivity contribution in [3.63, 3.8) is 0 Å². The van der Waals surface area contributed by atoms with E-state index in [9.17, 15) is 0 Å². The zero-order valence-electron chi connectivity index (χ0n) is 20.5. The van der Waals surface area contributed by atoms with Gasteiger partial charge in [-0.25, -0.2) is 0 Å². The van der Waals surface area contributed by atoms with Gasteiger partial charge >= 0.3 is 0 Å². The van der Waals surface area contributed by atoms with Crippen molar-refractivity contribution in [1.29, 1.82) is 0 Å². The fourth-order valence-electron chi connectivity index (χ4n) is 3.99. The quantitative estimate of drug-likeness (QED) is 0.143. The maximum atomic E-state index is 4.69. The summed E-state index contributed by atoms with van der Waals surface area (Å²) in [6.07, 6.45) is 9.81. The summed E-state index contributed by atoms with van der Waals surface area (Å²) in [6.45, 7) is 7.33. The molecule has 0 unspecified atom stereocenters. The van der Waals surface area contributed by atoms with Crippen molar-refractivity contribution >= 4 is 43.1 Å². The average molecular weight is 509 g/mol. The van der Waals surface area contributed by atoms with Gasteiger partial charge in [0.2, 0.25) is 0 Å². The number of anilines is 1. The Kier molecular flexibility index (Phi) is 11.1. The predicted molar refractivity (Wildman–Crippen MR) is 156 cm³/mol. The summed E-state index contributed by atoms with van der Waals surface area (Å²) in [5.41, 5.74) is 5.26. The van der Waals surface area contributed by atoms with Gasteiger partial charge in [0.25, 0.3) is 0 Å². The van der Waals surface area contributed by atoms with Gasteiger partial charge in [0.15, 0.2) is 0 Å². The minimum Gasteiger partial charge on any atom is -0.355 e. The van der Waals surface area contributed by atoms with Crippen LogP contribution in [0, 0.1) is 17.8 Å². The molecule has 2 aromatic carbocycles. The van der Waals surface area contributed by atoms with Gasteiger partial charge in [-0.1, -0.05) is 62.5 Å². The van der Waals surface area contributed by atoms with Crippen LogP contribution in [0.4, 0.5) is 5.69 Å². The van der Waals surface area contributed by atoms with Crippen molar-refractivity contribution < 1.29 is 0 Å². The average Bonchev–Trinajstić information content (AvgIpc) is 2.83. The lowest BCUT2D eigenvalue weighted by molar-refractivity contribution is 0.338. The largest absolute Gasteiger partial charge is 0.355 e. The molecule has 0 aromatic heterocycles. The SMILES string of the molecule is CC/C(S)=C(\C=C(C)C)Nc1cccc(C#Cc2ccc(SN(S)CC3CCCCC3)cc2)c1. The molecule has 1 saturated carbocycles. The summed E-state index contributed by atoms with van der Waals surface area (Å²) in [6, 6.07) is 16.6. The molecule has 0 radical (unpaired) electrons. The van der Waals surface area contributed by atoms with Crippen LogP contribution in [0.15, 0.2) is 75.7 Å². The summed E-state index contributed by atoms with van der Waals surface area (Å²) in [5.74, 6) is 7.38. The van der Waals surface area contributed by atoms with E-state index in [0.29, 0.717) is 0 Å². The molecule has 2 nitrogen and oxygen atoms in total. The van der Waals surface area contributed by atoms with E-state index >= 15 is 0 Å². The van der Waals surface area contributed by atoms with Crippen LogP contribution in [0.5, 0.6) is 0 Å². The molecule has 0 atom stereocenters. The number of hydrogen-bond donors (Lipinski definition) is 3. The molecular formula is C29H36N2S3. The zero-order valence-corrected chi connectivity index (χ0v) is 23.1. The van der Waals surface area contributed by atoms with E-state index in [1.54, 1.807) is 11.9 Å². The standard InChI is InChI=1S/C29H36N2S3/c1-4-29(32)28(19-22(2)3)30-26-12-8-11-24(20-26)14-13-23-15-17-27(18-16-23)34-31(33)21-25-9-6-5-7-10-25/h8,11-12,15-20,25,30,32-33H,4-7,9-10,21H2,1-3H3/b29-28-. The molecule has 5 heteroatoms. The summed E-state index contributed by atoms with van der Waals surface area (Å²) < 4.78 is 2.09. The van der Waals surface area contributed by atoms with Crippen LogP contribution in [0.2, 0.25) is 0 Å². The second kappa shape index (κ2) is 14.0. The molecule has 1 aliphatic carbocycles. The van der Waals surface area contributed by atoms with Gasteiger partial charge in [0.05, 0.1) is 0 Å². The number of hydrogen-bond acceptors (Lipinski definition) is 5. The molecule has 0 aliphatic heterocycles. The summed E-state index contributed by atoms with van der Waals surface area (Å²) >= 11 is 11.0. The highest BCUT2D eigenvalue weighted by Gasteiger charge is 2.16. The smallest absolute Gasteiger partial charge is 0.0477 e. The van der Waals surface area contributed by atoms with Gasteiger partial charge in [-0.15, -0.1) is 12.6 Å². The van der Waals surface area contributed by atoms with Crippen LogP contribution in [0.1, 0.15) is 70.4 Å². The molecular weight excluding hydrogens is 473 g/mol. The Balaban J connectivity index is 1.61. The molecule has 0 spiro atoms. The van der Waals surface area contributed by atoms with E-state index < -0.39 is 0 Å². The second-order valence-electron chi connectivity index (χ2n) is 9.05. The van der Waals surface area contributed by atoms with Crippen molar-refractivity contribution in [2.45, 2.75) is 64.2 Å². The van der Waals surface area contributed by atoms with E-state index in [2.05, 4.69) is 110 Å². The maximum absolute atomic E-state index is 4.69. The van der Waals surface area contributed by atoms with E-state index in [1.165, 1.54) is 42.6 Å². The first-order chi connectivity index (χ1) is 16.4. The molecule has 34 heavy (non-hydrogen) atoms. The fourth-order valence-corrected chi connectivity index (χ4v) is 5.41. The first kappa shape index (κ1) is 26.9. The third-order valence-corrected chi connectivity index (χ3v) is 7.58. The molecule has 1 aliphatic rings. The van der Waals surface area contributed by atoms with Crippen molar-refractivity contribution in [2.75, 3.05) is 11.9 Å². The van der Waals surface area contributed by atoms with Crippen molar-refractivity contribution in [2.24, 2.45) is 5.92 Å². The molecule has 0 heterocycles. The van der Waals surface area contributed by atoms with Gasteiger partial charge in [-0.2, -0.15) is 3.71 Å². The van der Waals surface area contributed by atoms with Crippen molar-refractivity contribution in [1.82, 2.24) is 3.71 Å². The molecule has 1 N–H and O–H groups in total. The lowest BCUT2D eigenvalue weighted by Gasteiger charge is -2.25. The topological polar surface area (TPSA) is 15.3 Å². The van der Waals surface area contributed by atoms with Gasteiger partial charge in [-0.3, -0.25) is 0 Å². The van der Waals surface area contributed by atoms with Gasteiger partial charge in [0.1, 0.15) is 0 Å². The number of allylic oxidation sites excluding steroid dienone is 3. The Labute approximate surface area is 221 Å². The lowest BCUT2D eigenvalue weighted by atomic mass is 9.89. The van der Waals surface area contributed by atoms with Crippen LogP contribution in [-0.4, -0.2) is 10.3 Å². The monoisotopic (exact) mass is 508 g/mol. The highest BCUT2D eigenvalue weighted by Crippen LogP contribution is 2.30.